The maximum absolute atomic E-state index is 5.65. The number of nitrogens with zero attached hydrogens (tertiary/aromatic N) is 1. The van der Waals surface area contributed by atoms with Crippen molar-refractivity contribution >= 4 is 17.6 Å². The maximum atomic E-state index is 5.65. The first-order chi connectivity index (χ1) is 8.15. The molecule has 0 fully saturated rings. The standard InChI is InChI=1S/C14H16N2S/c1-10(2)11-6-8-12(9-7-11)17-14-5-3-4-13(15)16-14/h3-10H,1-2H3,(H2,15,16). The Hall–Kier alpha value is -1.48. The molecule has 2 rings (SSSR count). The van der Waals surface area contributed by atoms with E-state index in [2.05, 4.69) is 43.1 Å². The lowest BCUT2D eigenvalue weighted by atomic mass is 10.0. The zero-order valence-electron chi connectivity index (χ0n) is 10.1. The highest BCUT2D eigenvalue weighted by Crippen LogP contribution is 2.27. The van der Waals surface area contributed by atoms with Gasteiger partial charge < -0.3 is 5.73 Å². The predicted molar refractivity (Wildman–Crippen MR) is 73.3 cm³/mol. The largest absolute Gasteiger partial charge is 0.384 e. The van der Waals surface area contributed by atoms with E-state index < -0.39 is 0 Å². The average Bonchev–Trinajstić information content (AvgIpc) is 2.29. The second-order valence-corrected chi connectivity index (χ2v) is 5.32. The van der Waals surface area contributed by atoms with Gasteiger partial charge >= 0.3 is 0 Å². The Morgan fingerprint density at radius 1 is 1.06 bits per heavy atom. The molecule has 1 aromatic carbocycles. The van der Waals surface area contributed by atoms with Crippen LogP contribution in [0.1, 0.15) is 25.3 Å². The van der Waals surface area contributed by atoms with Gasteiger partial charge in [0.2, 0.25) is 0 Å². The van der Waals surface area contributed by atoms with E-state index in [0.29, 0.717) is 11.7 Å². The first kappa shape index (κ1) is 12.0. The molecular weight excluding hydrogens is 228 g/mol. The van der Waals surface area contributed by atoms with Crippen molar-refractivity contribution < 1.29 is 0 Å². The highest BCUT2D eigenvalue weighted by atomic mass is 32.2. The molecule has 0 saturated carbocycles. The Balaban J connectivity index is 2.14. The lowest BCUT2D eigenvalue weighted by molar-refractivity contribution is 0.865. The summed E-state index contributed by atoms with van der Waals surface area (Å²) in [7, 11) is 0. The van der Waals surface area contributed by atoms with Gasteiger partial charge in [0, 0.05) is 4.90 Å². The minimum atomic E-state index is 0.564. The zero-order chi connectivity index (χ0) is 12.3. The van der Waals surface area contributed by atoms with E-state index in [1.54, 1.807) is 17.8 Å². The van der Waals surface area contributed by atoms with Crippen molar-refractivity contribution in [3.05, 3.63) is 48.0 Å². The van der Waals surface area contributed by atoms with E-state index in [9.17, 15) is 0 Å². The number of anilines is 1. The summed E-state index contributed by atoms with van der Waals surface area (Å²) in [4.78, 5) is 5.45. The van der Waals surface area contributed by atoms with E-state index in [1.165, 1.54) is 10.5 Å². The van der Waals surface area contributed by atoms with Gasteiger partial charge in [0.15, 0.2) is 0 Å². The van der Waals surface area contributed by atoms with Gasteiger partial charge in [-0.2, -0.15) is 0 Å². The molecule has 0 aliphatic rings. The number of hydrogen-bond acceptors (Lipinski definition) is 3. The lowest BCUT2D eigenvalue weighted by Gasteiger charge is -2.06. The molecule has 2 aromatic rings. The third kappa shape index (κ3) is 3.24. The summed E-state index contributed by atoms with van der Waals surface area (Å²) in [5.41, 5.74) is 7.01. The summed E-state index contributed by atoms with van der Waals surface area (Å²) >= 11 is 1.63. The lowest BCUT2D eigenvalue weighted by Crippen LogP contribution is -1.90. The highest BCUT2D eigenvalue weighted by Gasteiger charge is 2.01. The van der Waals surface area contributed by atoms with Gasteiger partial charge in [-0.25, -0.2) is 4.98 Å². The van der Waals surface area contributed by atoms with Crippen LogP contribution in [0.5, 0.6) is 0 Å². The van der Waals surface area contributed by atoms with Gasteiger partial charge in [0.25, 0.3) is 0 Å². The van der Waals surface area contributed by atoms with E-state index >= 15 is 0 Å². The van der Waals surface area contributed by atoms with Gasteiger partial charge in [0.05, 0.1) is 0 Å². The summed E-state index contributed by atoms with van der Waals surface area (Å²) in [5.74, 6) is 1.13. The van der Waals surface area contributed by atoms with Crippen LogP contribution in [0.4, 0.5) is 5.82 Å². The highest BCUT2D eigenvalue weighted by molar-refractivity contribution is 7.99. The van der Waals surface area contributed by atoms with Gasteiger partial charge in [-0.05, 0) is 35.7 Å². The second kappa shape index (κ2) is 5.23. The molecule has 2 N–H and O–H groups in total. The summed E-state index contributed by atoms with van der Waals surface area (Å²) < 4.78 is 0. The number of hydrogen-bond donors (Lipinski definition) is 1. The summed E-state index contributed by atoms with van der Waals surface area (Å²) in [6.45, 7) is 4.39. The van der Waals surface area contributed by atoms with Crippen molar-refractivity contribution in [2.24, 2.45) is 0 Å². The van der Waals surface area contributed by atoms with Crippen molar-refractivity contribution in [3.63, 3.8) is 0 Å². The quantitative estimate of drug-likeness (QED) is 0.888. The number of nitrogen functional groups attached to an aromatic ring is 1. The van der Waals surface area contributed by atoms with Gasteiger partial charge in [-0.3, -0.25) is 0 Å². The first-order valence-corrected chi connectivity index (χ1v) is 6.47. The predicted octanol–water partition coefficient (Wildman–Crippen LogP) is 3.94. The molecule has 0 radical (unpaired) electrons. The van der Waals surface area contributed by atoms with E-state index in [1.807, 2.05) is 12.1 Å². The van der Waals surface area contributed by atoms with Crippen molar-refractivity contribution in [2.45, 2.75) is 29.7 Å². The molecule has 3 heteroatoms. The fourth-order valence-corrected chi connectivity index (χ4v) is 2.34. The molecule has 1 aromatic heterocycles. The molecule has 0 atom stereocenters. The number of pyridine rings is 1. The van der Waals surface area contributed by atoms with Crippen molar-refractivity contribution in [2.75, 3.05) is 5.73 Å². The van der Waals surface area contributed by atoms with Gasteiger partial charge in [0.1, 0.15) is 10.8 Å². The third-order valence-electron chi connectivity index (χ3n) is 2.51. The second-order valence-electron chi connectivity index (χ2n) is 4.23. The third-order valence-corrected chi connectivity index (χ3v) is 3.46. The monoisotopic (exact) mass is 244 g/mol. The first-order valence-electron chi connectivity index (χ1n) is 5.65. The molecule has 2 nitrogen and oxygen atoms in total. The number of benzene rings is 1. The smallest absolute Gasteiger partial charge is 0.124 e. The summed E-state index contributed by atoms with van der Waals surface area (Å²) in [6.07, 6.45) is 0. The number of aromatic nitrogens is 1. The molecule has 0 unspecified atom stereocenters. The molecule has 88 valence electrons. The molecule has 17 heavy (non-hydrogen) atoms. The van der Waals surface area contributed by atoms with Crippen LogP contribution >= 0.6 is 11.8 Å². The topological polar surface area (TPSA) is 38.9 Å². The van der Waals surface area contributed by atoms with Crippen molar-refractivity contribution in [3.8, 4) is 0 Å². The van der Waals surface area contributed by atoms with Crippen molar-refractivity contribution in [1.29, 1.82) is 0 Å². The summed E-state index contributed by atoms with van der Waals surface area (Å²) in [5, 5.41) is 0.933. The molecule has 0 spiro atoms. The van der Waals surface area contributed by atoms with E-state index in [0.717, 1.165) is 5.03 Å². The van der Waals surface area contributed by atoms with Crippen LogP contribution in [0.25, 0.3) is 0 Å². The molecule has 0 amide bonds. The maximum Gasteiger partial charge on any atom is 0.124 e. The summed E-state index contributed by atoms with van der Waals surface area (Å²) in [6, 6.07) is 14.3. The van der Waals surface area contributed by atoms with Crippen LogP contribution in [0.15, 0.2) is 52.4 Å². The Morgan fingerprint density at radius 3 is 2.35 bits per heavy atom. The Morgan fingerprint density at radius 2 is 1.76 bits per heavy atom. The molecule has 0 saturated heterocycles. The minimum Gasteiger partial charge on any atom is -0.384 e. The van der Waals surface area contributed by atoms with Crippen LogP contribution in [0.3, 0.4) is 0 Å². The zero-order valence-corrected chi connectivity index (χ0v) is 10.9. The molecule has 1 heterocycles. The normalized spacial score (nSPS) is 10.8. The van der Waals surface area contributed by atoms with Gasteiger partial charge in [-0.15, -0.1) is 0 Å². The Kier molecular flexibility index (Phi) is 3.69. The molecule has 0 aliphatic carbocycles. The SMILES string of the molecule is CC(C)c1ccc(Sc2cccc(N)n2)cc1. The number of rotatable bonds is 3. The fraction of sp³-hybridized carbons (Fsp3) is 0.214. The Labute approximate surface area is 106 Å². The Bertz CT molecular complexity index is 492. The minimum absolute atomic E-state index is 0.564. The average molecular weight is 244 g/mol. The number of nitrogens with two attached hydrogens (primary N) is 1. The molecule has 0 aliphatic heterocycles. The van der Waals surface area contributed by atoms with Crippen LogP contribution < -0.4 is 5.73 Å². The van der Waals surface area contributed by atoms with Crippen LogP contribution in [-0.4, -0.2) is 4.98 Å². The molecule has 0 bridgehead atoms. The van der Waals surface area contributed by atoms with Crippen LogP contribution in [0.2, 0.25) is 0 Å². The van der Waals surface area contributed by atoms with Crippen molar-refractivity contribution in [1.82, 2.24) is 4.98 Å². The van der Waals surface area contributed by atoms with E-state index in [4.69, 9.17) is 5.73 Å². The van der Waals surface area contributed by atoms with Crippen LogP contribution in [-0.2, 0) is 0 Å². The van der Waals surface area contributed by atoms with Gasteiger partial charge in [-0.1, -0.05) is 43.8 Å². The molecular formula is C14H16N2S. The fourth-order valence-electron chi connectivity index (χ4n) is 1.53. The van der Waals surface area contributed by atoms with E-state index in [-0.39, 0.29) is 0 Å². The van der Waals surface area contributed by atoms with Crippen LogP contribution in [0, 0.1) is 0 Å².